The van der Waals surface area contributed by atoms with Crippen LogP contribution in [0.3, 0.4) is 0 Å². The molecule has 0 aromatic carbocycles. The van der Waals surface area contributed by atoms with Gasteiger partial charge in [0, 0.05) is 4.88 Å². The average Bonchev–Trinajstić information content (AvgIpc) is 2.60. The third-order valence-corrected chi connectivity index (χ3v) is 4.69. The van der Waals surface area contributed by atoms with Crippen molar-refractivity contribution in [3.05, 3.63) is 20.8 Å². The summed E-state index contributed by atoms with van der Waals surface area (Å²) in [6, 6.07) is 2.02. The molecule has 0 fully saturated rings. The number of thiophene rings is 1. The Morgan fingerprint density at radius 1 is 1.44 bits per heavy atom. The van der Waals surface area contributed by atoms with Crippen LogP contribution in [-0.4, -0.2) is 5.11 Å². The van der Waals surface area contributed by atoms with Crippen molar-refractivity contribution in [3.8, 4) is 0 Å². The van der Waals surface area contributed by atoms with Gasteiger partial charge in [0.05, 0.1) is 10.4 Å². The monoisotopic (exact) mass is 260 g/mol. The molecule has 1 nitrogen and oxygen atoms in total. The number of hydrogen-bond acceptors (Lipinski definition) is 2. The smallest absolute Gasteiger partial charge is 0.0961 e. The molecular weight excluding hydrogens is 240 g/mol. The summed E-state index contributed by atoms with van der Waals surface area (Å²) in [6.45, 7) is 6.32. The van der Waals surface area contributed by atoms with Gasteiger partial charge in [0.25, 0.3) is 0 Å². The Morgan fingerprint density at radius 2 is 2.12 bits per heavy atom. The summed E-state index contributed by atoms with van der Waals surface area (Å²) in [6.07, 6.45) is 4.16. The molecule has 1 aromatic heterocycles. The Morgan fingerprint density at radius 3 is 2.56 bits per heavy atom. The second kappa shape index (κ2) is 6.63. The van der Waals surface area contributed by atoms with Gasteiger partial charge < -0.3 is 5.11 Å². The van der Waals surface area contributed by atoms with Crippen LogP contribution in [-0.2, 0) is 0 Å². The van der Waals surface area contributed by atoms with Gasteiger partial charge in [-0.1, -0.05) is 44.7 Å². The van der Waals surface area contributed by atoms with Gasteiger partial charge in [-0.3, -0.25) is 0 Å². The van der Waals surface area contributed by atoms with Crippen LogP contribution in [0.5, 0.6) is 0 Å². The molecule has 1 rings (SSSR count). The third-order valence-electron chi connectivity index (χ3n) is 3.07. The van der Waals surface area contributed by atoms with Crippen molar-refractivity contribution in [2.75, 3.05) is 0 Å². The van der Waals surface area contributed by atoms with E-state index < -0.39 is 0 Å². The van der Waals surface area contributed by atoms with E-state index in [2.05, 4.69) is 13.8 Å². The van der Waals surface area contributed by atoms with Gasteiger partial charge in [-0.25, -0.2) is 0 Å². The fourth-order valence-electron chi connectivity index (χ4n) is 1.91. The molecule has 1 N–H and O–H groups in total. The fraction of sp³-hybridized carbons (Fsp3) is 0.692. The predicted octanol–water partition coefficient (Wildman–Crippen LogP) is 4.96. The Hall–Kier alpha value is -0.0500. The van der Waals surface area contributed by atoms with Crippen molar-refractivity contribution < 1.29 is 5.11 Å². The van der Waals surface area contributed by atoms with Crippen LogP contribution in [0.2, 0.25) is 4.34 Å². The van der Waals surface area contributed by atoms with E-state index in [0.29, 0.717) is 5.92 Å². The minimum Gasteiger partial charge on any atom is -0.387 e. The maximum Gasteiger partial charge on any atom is 0.0961 e. The van der Waals surface area contributed by atoms with Crippen molar-refractivity contribution in [2.45, 2.75) is 52.6 Å². The summed E-state index contributed by atoms with van der Waals surface area (Å²) in [5, 5.41) is 10.3. The summed E-state index contributed by atoms with van der Waals surface area (Å²) in [5.41, 5.74) is 1.08. The molecule has 0 spiro atoms. The quantitative estimate of drug-likeness (QED) is 0.767. The molecule has 0 saturated carbocycles. The highest BCUT2D eigenvalue weighted by molar-refractivity contribution is 7.16. The van der Waals surface area contributed by atoms with Crippen LogP contribution < -0.4 is 0 Å². The maximum atomic E-state index is 10.3. The van der Waals surface area contributed by atoms with E-state index in [1.807, 2.05) is 13.0 Å². The SMILES string of the molecule is CCCCC(CC)C(O)c1cc(C)c(Cl)s1. The van der Waals surface area contributed by atoms with Crippen molar-refractivity contribution in [3.63, 3.8) is 0 Å². The Bertz CT molecular complexity index is 302. The first-order valence-electron chi connectivity index (χ1n) is 6.04. The number of halogens is 1. The van der Waals surface area contributed by atoms with Crippen molar-refractivity contribution in [2.24, 2.45) is 5.92 Å². The molecule has 92 valence electrons. The lowest BCUT2D eigenvalue weighted by Crippen LogP contribution is -2.10. The van der Waals surface area contributed by atoms with E-state index in [1.165, 1.54) is 24.2 Å². The molecule has 16 heavy (non-hydrogen) atoms. The molecule has 0 radical (unpaired) electrons. The van der Waals surface area contributed by atoms with Gasteiger partial charge in [0.15, 0.2) is 0 Å². The highest BCUT2D eigenvalue weighted by Crippen LogP contribution is 2.36. The van der Waals surface area contributed by atoms with Crippen LogP contribution in [0.25, 0.3) is 0 Å². The highest BCUT2D eigenvalue weighted by Gasteiger charge is 2.21. The Labute approximate surface area is 107 Å². The van der Waals surface area contributed by atoms with E-state index in [1.54, 1.807) is 0 Å². The van der Waals surface area contributed by atoms with Crippen LogP contribution in [0.15, 0.2) is 6.07 Å². The normalized spacial score (nSPS) is 15.1. The van der Waals surface area contributed by atoms with Crippen LogP contribution in [0, 0.1) is 12.8 Å². The second-order valence-electron chi connectivity index (χ2n) is 4.36. The zero-order chi connectivity index (χ0) is 12.1. The summed E-state index contributed by atoms with van der Waals surface area (Å²) >= 11 is 7.55. The van der Waals surface area contributed by atoms with E-state index in [9.17, 15) is 5.11 Å². The van der Waals surface area contributed by atoms with Crippen molar-refractivity contribution >= 4 is 22.9 Å². The van der Waals surface area contributed by atoms with Gasteiger partial charge in [-0.15, -0.1) is 11.3 Å². The van der Waals surface area contributed by atoms with Crippen molar-refractivity contribution in [1.82, 2.24) is 0 Å². The fourth-order valence-corrected chi connectivity index (χ4v) is 3.21. The zero-order valence-corrected chi connectivity index (χ0v) is 11.9. The standard InChI is InChI=1S/C13H21ClOS/c1-4-6-7-10(5-2)12(15)11-8-9(3)13(14)16-11/h8,10,12,15H,4-7H2,1-3H3. The minimum atomic E-state index is -0.340. The Balaban J connectivity index is 2.70. The van der Waals surface area contributed by atoms with E-state index in [0.717, 1.165) is 27.6 Å². The number of aliphatic hydroxyl groups excluding tert-OH is 1. The molecule has 0 bridgehead atoms. The largest absolute Gasteiger partial charge is 0.387 e. The first-order chi connectivity index (χ1) is 7.60. The number of hydrogen-bond donors (Lipinski definition) is 1. The van der Waals surface area contributed by atoms with Crippen LogP contribution in [0.4, 0.5) is 0 Å². The molecule has 2 atom stereocenters. The van der Waals surface area contributed by atoms with Gasteiger partial charge >= 0.3 is 0 Å². The maximum absolute atomic E-state index is 10.3. The molecule has 2 unspecified atom stereocenters. The molecule has 1 aromatic rings. The van der Waals surface area contributed by atoms with E-state index in [4.69, 9.17) is 11.6 Å². The van der Waals surface area contributed by atoms with Crippen LogP contribution in [0.1, 0.15) is 56.1 Å². The molecule has 0 aliphatic carbocycles. The van der Waals surface area contributed by atoms with Gasteiger partial charge in [-0.2, -0.15) is 0 Å². The summed E-state index contributed by atoms with van der Waals surface area (Å²) in [7, 11) is 0. The lowest BCUT2D eigenvalue weighted by atomic mass is 9.92. The lowest BCUT2D eigenvalue weighted by Gasteiger charge is -2.20. The number of rotatable bonds is 6. The van der Waals surface area contributed by atoms with Gasteiger partial charge in [0.1, 0.15) is 0 Å². The summed E-state index contributed by atoms with van der Waals surface area (Å²) in [5.74, 6) is 0.370. The highest BCUT2D eigenvalue weighted by atomic mass is 35.5. The number of aryl methyl sites for hydroxylation is 1. The molecular formula is C13H21ClOS. The molecule has 0 amide bonds. The molecule has 0 saturated heterocycles. The van der Waals surface area contributed by atoms with Crippen LogP contribution >= 0.6 is 22.9 Å². The Kier molecular flexibility index (Phi) is 5.81. The average molecular weight is 261 g/mol. The molecule has 3 heteroatoms. The lowest BCUT2D eigenvalue weighted by molar-refractivity contribution is 0.102. The van der Waals surface area contributed by atoms with Gasteiger partial charge in [0.2, 0.25) is 0 Å². The molecule has 0 aliphatic rings. The first kappa shape index (κ1) is 14.0. The second-order valence-corrected chi connectivity index (χ2v) is 6.05. The van der Waals surface area contributed by atoms with E-state index >= 15 is 0 Å². The van der Waals surface area contributed by atoms with Crippen molar-refractivity contribution in [1.29, 1.82) is 0 Å². The van der Waals surface area contributed by atoms with Gasteiger partial charge in [-0.05, 0) is 30.9 Å². The van der Waals surface area contributed by atoms with E-state index in [-0.39, 0.29) is 6.10 Å². The summed E-state index contributed by atoms with van der Waals surface area (Å²) < 4.78 is 0.805. The first-order valence-corrected chi connectivity index (χ1v) is 7.23. The molecule has 1 heterocycles. The minimum absolute atomic E-state index is 0.340. The predicted molar refractivity (Wildman–Crippen MR) is 72.3 cm³/mol. The summed E-state index contributed by atoms with van der Waals surface area (Å²) in [4.78, 5) is 1.02. The topological polar surface area (TPSA) is 20.2 Å². The number of unbranched alkanes of at least 4 members (excludes halogenated alkanes) is 1. The molecule has 0 aliphatic heterocycles. The third kappa shape index (κ3) is 3.47. The zero-order valence-electron chi connectivity index (χ0n) is 10.3. The number of aliphatic hydroxyl groups is 1.